The molecule has 28 heavy (non-hydrogen) atoms. The number of ether oxygens (including phenoxy) is 1. The molecule has 0 bridgehead atoms. The van der Waals surface area contributed by atoms with Crippen molar-refractivity contribution in [1.29, 1.82) is 0 Å². The number of hydrogen-bond acceptors (Lipinski definition) is 4. The molecule has 2 unspecified atom stereocenters. The zero-order valence-electron chi connectivity index (χ0n) is 16.2. The van der Waals surface area contributed by atoms with Gasteiger partial charge in [-0.15, -0.1) is 0 Å². The number of benzene rings is 2. The van der Waals surface area contributed by atoms with Gasteiger partial charge in [0.25, 0.3) is 5.91 Å². The molecule has 2 aromatic carbocycles. The van der Waals surface area contributed by atoms with Gasteiger partial charge in [0.05, 0.1) is 12.2 Å². The number of morpholine rings is 1. The summed E-state index contributed by atoms with van der Waals surface area (Å²) in [6.07, 6.45) is 0.416. The molecule has 0 saturated carbocycles. The first-order valence-electron chi connectivity index (χ1n) is 9.47. The molecule has 0 spiro atoms. The van der Waals surface area contributed by atoms with Crippen LogP contribution in [0.4, 0.5) is 0 Å². The maximum Gasteiger partial charge on any atom is 0.330 e. The fraction of sp³-hybridized carbons (Fsp3) is 0.364. The van der Waals surface area contributed by atoms with Crippen molar-refractivity contribution in [3.8, 4) is 0 Å². The summed E-state index contributed by atoms with van der Waals surface area (Å²) in [5, 5.41) is 12.1. The highest BCUT2D eigenvalue weighted by Gasteiger charge is 2.23. The SMILES string of the molecule is CC1CN(Cc2ccc(C(=O)N[C@H](C(=O)O)c3ccccc3)cc2)CC(C)O1. The number of nitrogens with zero attached hydrogens (tertiary/aromatic N) is 1. The third-order valence-electron chi connectivity index (χ3n) is 4.77. The molecule has 2 N–H and O–H groups in total. The van der Waals surface area contributed by atoms with Crippen LogP contribution >= 0.6 is 0 Å². The molecule has 3 rings (SSSR count). The van der Waals surface area contributed by atoms with Gasteiger partial charge in [-0.3, -0.25) is 9.69 Å². The Bertz CT molecular complexity index is 797. The lowest BCUT2D eigenvalue weighted by molar-refractivity contribution is -0.139. The maximum absolute atomic E-state index is 12.5. The zero-order valence-corrected chi connectivity index (χ0v) is 16.2. The second kappa shape index (κ2) is 8.99. The molecule has 1 saturated heterocycles. The third-order valence-corrected chi connectivity index (χ3v) is 4.77. The van der Waals surface area contributed by atoms with Crippen LogP contribution in [0.25, 0.3) is 0 Å². The predicted molar refractivity (Wildman–Crippen MR) is 106 cm³/mol. The first kappa shape index (κ1) is 20.0. The number of carboxylic acids is 1. The first-order valence-corrected chi connectivity index (χ1v) is 9.47. The summed E-state index contributed by atoms with van der Waals surface area (Å²) in [5.74, 6) is -1.50. The standard InChI is InChI=1S/C22H26N2O4/c1-15-12-24(13-16(2)28-15)14-17-8-10-19(11-9-17)21(25)23-20(22(26)27)18-6-4-3-5-7-18/h3-11,15-16,20H,12-14H2,1-2H3,(H,23,25)(H,26,27)/t15?,16?,20-/m0/s1. The molecule has 1 heterocycles. The minimum Gasteiger partial charge on any atom is -0.479 e. The lowest BCUT2D eigenvalue weighted by Crippen LogP contribution is -2.44. The Morgan fingerprint density at radius 1 is 1.07 bits per heavy atom. The van der Waals surface area contributed by atoms with Crippen LogP contribution < -0.4 is 5.32 Å². The summed E-state index contributed by atoms with van der Waals surface area (Å²) in [5.41, 5.74) is 2.08. The molecule has 148 valence electrons. The van der Waals surface area contributed by atoms with Crippen molar-refractivity contribution in [3.63, 3.8) is 0 Å². The zero-order chi connectivity index (χ0) is 20.1. The van der Waals surface area contributed by atoms with Crippen LogP contribution in [0.1, 0.15) is 41.4 Å². The monoisotopic (exact) mass is 382 g/mol. The largest absolute Gasteiger partial charge is 0.479 e. The van der Waals surface area contributed by atoms with Crippen LogP contribution in [-0.4, -0.2) is 47.2 Å². The average Bonchev–Trinajstić information content (AvgIpc) is 2.66. The van der Waals surface area contributed by atoms with Crippen LogP contribution in [0.15, 0.2) is 54.6 Å². The van der Waals surface area contributed by atoms with Crippen molar-refractivity contribution in [2.75, 3.05) is 13.1 Å². The van der Waals surface area contributed by atoms with E-state index in [1.165, 1.54) is 0 Å². The topological polar surface area (TPSA) is 78.9 Å². The predicted octanol–water partition coefficient (Wildman–Crippen LogP) is 2.85. The van der Waals surface area contributed by atoms with Gasteiger partial charge in [-0.2, -0.15) is 0 Å². The molecule has 0 aromatic heterocycles. The van der Waals surface area contributed by atoms with E-state index in [0.717, 1.165) is 25.2 Å². The Morgan fingerprint density at radius 3 is 2.25 bits per heavy atom. The Kier molecular flexibility index (Phi) is 6.44. The number of aliphatic carboxylic acids is 1. The van der Waals surface area contributed by atoms with Crippen molar-refractivity contribution in [2.45, 2.75) is 38.6 Å². The lowest BCUT2D eigenvalue weighted by atomic mass is 10.1. The van der Waals surface area contributed by atoms with Gasteiger partial charge in [-0.1, -0.05) is 42.5 Å². The summed E-state index contributed by atoms with van der Waals surface area (Å²) in [7, 11) is 0. The molecule has 1 amide bonds. The lowest BCUT2D eigenvalue weighted by Gasteiger charge is -2.35. The number of rotatable bonds is 6. The van der Waals surface area contributed by atoms with E-state index in [0.29, 0.717) is 11.1 Å². The van der Waals surface area contributed by atoms with Crippen molar-refractivity contribution >= 4 is 11.9 Å². The number of amides is 1. The van der Waals surface area contributed by atoms with Gasteiger partial charge < -0.3 is 15.2 Å². The molecule has 6 heteroatoms. The van der Waals surface area contributed by atoms with Gasteiger partial charge in [0, 0.05) is 25.2 Å². The summed E-state index contributed by atoms with van der Waals surface area (Å²) in [6.45, 7) is 6.69. The highest BCUT2D eigenvalue weighted by Crippen LogP contribution is 2.16. The summed E-state index contributed by atoms with van der Waals surface area (Å²) >= 11 is 0. The minimum atomic E-state index is -1.09. The van der Waals surface area contributed by atoms with Gasteiger partial charge in [0.15, 0.2) is 6.04 Å². The van der Waals surface area contributed by atoms with Crippen molar-refractivity contribution in [3.05, 3.63) is 71.3 Å². The van der Waals surface area contributed by atoms with Gasteiger partial charge in [0.1, 0.15) is 0 Å². The van der Waals surface area contributed by atoms with E-state index in [1.54, 1.807) is 42.5 Å². The molecule has 1 fully saturated rings. The van der Waals surface area contributed by atoms with Crippen molar-refractivity contribution in [2.24, 2.45) is 0 Å². The smallest absolute Gasteiger partial charge is 0.330 e. The van der Waals surface area contributed by atoms with Crippen molar-refractivity contribution in [1.82, 2.24) is 10.2 Å². The van der Waals surface area contributed by atoms with Crippen LogP contribution in [-0.2, 0) is 16.1 Å². The highest BCUT2D eigenvalue weighted by molar-refractivity contribution is 5.96. The number of nitrogens with one attached hydrogen (secondary N) is 1. The number of carbonyl (C=O) groups excluding carboxylic acids is 1. The van der Waals surface area contributed by atoms with Gasteiger partial charge >= 0.3 is 5.97 Å². The van der Waals surface area contributed by atoms with E-state index in [9.17, 15) is 14.7 Å². The molecule has 0 aliphatic carbocycles. The summed E-state index contributed by atoms with van der Waals surface area (Å²) < 4.78 is 5.75. The highest BCUT2D eigenvalue weighted by atomic mass is 16.5. The van der Waals surface area contributed by atoms with Crippen LogP contribution in [0, 0.1) is 0 Å². The third kappa shape index (κ3) is 5.18. The van der Waals surface area contributed by atoms with Gasteiger partial charge in [0.2, 0.25) is 0 Å². The Morgan fingerprint density at radius 2 is 1.68 bits per heavy atom. The van der Waals surface area contributed by atoms with Crippen LogP contribution in [0.3, 0.4) is 0 Å². The summed E-state index contributed by atoms with van der Waals surface area (Å²) in [6, 6.07) is 14.9. The van der Waals surface area contributed by atoms with Gasteiger partial charge in [-0.25, -0.2) is 4.79 Å². The fourth-order valence-electron chi connectivity index (χ4n) is 3.58. The summed E-state index contributed by atoms with van der Waals surface area (Å²) in [4.78, 5) is 26.4. The number of carboxylic acid groups (broad SMARTS) is 1. The van der Waals surface area contributed by atoms with E-state index in [2.05, 4.69) is 24.1 Å². The fourth-order valence-corrected chi connectivity index (χ4v) is 3.58. The molecular formula is C22H26N2O4. The Labute approximate surface area is 165 Å². The minimum absolute atomic E-state index is 0.208. The van der Waals surface area contributed by atoms with Crippen LogP contribution in [0.5, 0.6) is 0 Å². The Hall–Kier alpha value is -2.70. The molecule has 1 aliphatic heterocycles. The normalized spacial score (nSPS) is 21.1. The van der Waals surface area contributed by atoms with Crippen molar-refractivity contribution < 1.29 is 19.4 Å². The van der Waals surface area contributed by atoms with E-state index in [-0.39, 0.29) is 12.2 Å². The second-order valence-electron chi connectivity index (χ2n) is 7.30. The molecule has 6 nitrogen and oxygen atoms in total. The van der Waals surface area contributed by atoms with E-state index < -0.39 is 17.9 Å². The Balaban J connectivity index is 1.64. The molecular weight excluding hydrogens is 356 g/mol. The quantitative estimate of drug-likeness (QED) is 0.803. The molecule has 1 aliphatic rings. The van der Waals surface area contributed by atoms with E-state index >= 15 is 0 Å². The number of hydrogen-bond donors (Lipinski definition) is 2. The van der Waals surface area contributed by atoms with E-state index in [1.807, 2.05) is 12.1 Å². The molecule has 0 radical (unpaired) electrons. The second-order valence-corrected chi connectivity index (χ2v) is 7.30. The molecule has 2 aromatic rings. The maximum atomic E-state index is 12.5. The van der Waals surface area contributed by atoms with Gasteiger partial charge in [-0.05, 0) is 37.1 Å². The first-order chi connectivity index (χ1) is 13.4. The molecule has 3 atom stereocenters. The average molecular weight is 382 g/mol. The van der Waals surface area contributed by atoms with E-state index in [4.69, 9.17) is 4.74 Å². The number of carbonyl (C=O) groups is 2. The van der Waals surface area contributed by atoms with Crippen LogP contribution in [0.2, 0.25) is 0 Å².